The van der Waals surface area contributed by atoms with Crippen LogP contribution < -0.4 is 0 Å². The Labute approximate surface area is 107 Å². The van der Waals surface area contributed by atoms with Crippen LogP contribution in [0.5, 0.6) is 0 Å². The third-order valence-electron chi connectivity index (χ3n) is 3.69. The van der Waals surface area contributed by atoms with Crippen molar-refractivity contribution < 1.29 is 18.7 Å². The molecule has 0 aliphatic heterocycles. The lowest BCUT2D eigenvalue weighted by Crippen LogP contribution is -2.42. The van der Waals surface area contributed by atoms with Gasteiger partial charge in [0, 0.05) is 25.4 Å². The first-order valence-electron chi connectivity index (χ1n) is 6.58. The molecule has 0 amide bonds. The van der Waals surface area contributed by atoms with Gasteiger partial charge in [-0.15, -0.1) is 0 Å². The predicted octanol–water partition coefficient (Wildman–Crippen LogP) is 1.80. The zero-order valence-electron chi connectivity index (χ0n) is 11.1. The molecule has 0 aromatic heterocycles. The predicted molar refractivity (Wildman–Crippen MR) is 65.6 cm³/mol. The van der Waals surface area contributed by atoms with Gasteiger partial charge in [0.1, 0.15) is 5.78 Å². The smallest absolute Gasteiger partial charge is 0.251 e. The quantitative estimate of drug-likeness (QED) is 0.794. The molecule has 3 unspecified atom stereocenters. The molecular weight excluding hydrogens is 240 g/mol. The van der Waals surface area contributed by atoms with E-state index in [0.717, 1.165) is 6.42 Å². The van der Waals surface area contributed by atoms with Gasteiger partial charge in [0.2, 0.25) is 0 Å². The van der Waals surface area contributed by atoms with E-state index in [4.69, 9.17) is 5.11 Å². The number of nitrogens with zero attached hydrogens (tertiary/aromatic N) is 1. The number of aliphatic hydroxyl groups is 1. The van der Waals surface area contributed by atoms with Gasteiger partial charge >= 0.3 is 0 Å². The van der Waals surface area contributed by atoms with E-state index in [9.17, 15) is 13.6 Å². The Hall–Kier alpha value is -0.550. The molecule has 0 bridgehead atoms. The average molecular weight is 263 g/mol. The third-order valence-corrected chi connectivity index (χ3v) is 3.69. The van der Waals surface area contributed by atoms with Crippen molar-refractivity contribution in [2.24, 2.45) is 17.8 Å². The van der Waals surface area contributed by atoms with Gasteiger partial charge in [-0.2, -0.15) is 0 Å². The van der Waals surface area contributed by atoms with Gasteiger partial charge in [0.15, 0.2) is 0 Å². The number of aliphatic hydroxyl groups excluding tert-OH is 1. The van der Waals surface area contributed by atoms with E-state index in [-0.39, 0.29) is 37.3 Å². The maximum atomic E-state index is 12.4. The molecule has 0 radical (unpaired) electrons. The van der Waals surface area contributed by atoms with Crippen LogP contribution in [0.25, 0.3) is 0 Å². The van der Waals surface area contributed by atoms with Gasteiger partial charge in [0.05, 0.1) is 13.2 Å². The van der Waals surface area contributed by atoms with E-state index in [0.29, 0.717) is 18.9 Å². The number of carbonyl (C=O) groups is 1. The minimum atomic E-state index is -2.43. The number of ketones is 1. The summed E-state index contributed by atoms with van der Waals surface area (Å²) in [5.41, 5.74) is 0. The second kappa shape index (κ2) is 7.14. The Kier molecular flexibility index (Phi) is 6.15. The molecule has 1 N–H and O–H groups in total. The maximum Gasteiger partial charge on any atom is 0.251 e. The monoisotopic (exact) mass is 263 g/mol. The summed E-state index contributed by atoms with van der Waals surface area (Å²) in [7, 11) is 0. The lowest BCUT2D eigenvalue weighted by atomic mass is 9.74. The minimum absolute atomic E-state index is 0.154. The molecule has 106 valence electrons. The van der Waals surface area contributed by atoms with Crippen molar-refractivity contribution in [2.45, 2.75) is 33.1 Å². The Balaban J connectivity index is 2.58. The van der Waals surface area contributed by atoms with Crippen LogP contribution in [0.1, 0.15) is 26.7 Å². The highest BCUT2D eigenvalue weighted by Crippen LogP contribution is 2.31. The molecule has 1 rings (SSSR count). The van der Waals surface area contributed by atoms with Crippen LogP contribution in [0, 0.1) is 17.8 Å². The SMILES string of the molecule is CC1CC(=O)C(CN(CCO)CC(F)F)C(C)C1. The summed E-state index contributed by atoms with van der Waals surface area (Å²) in [6, 6.07) is 0. The van der Waals surface area contributed by atoms with Crippen molar-refractivity contribution in [1.29, 1.82) is 0 Å². The van der Waals surface area contributed by atoms with E-state index in [2.05, 4.69) is 6.92 Å². The molecule has 0 heterocycles. The van der Waals surface area contributed by atoms with Crippen molar-refractivity contribution in [1.82, 2.24) is 4.90 Å². The minimum Gasteiger partial charge on any atom is -0.395 e. The average Bonchev–Trinajstić information content (AvgIpc) is 2.22. The molecule has 1 aliphatic carbocycles. The molecule has 1 saturated carbocycles. The Bertz CT molecular complexity index is 274. The van der Waals surface area contributed by atoms with Crippen LogP contribution in [-0.2, 0) is 4.79 Å². The Morgan fingerprint density at radius 1 is 1.44 bits per heavy atom. The van der Waals surface area contributed by atoms with Gasteiger partial charge in [-0.1, -0.05) is 13.8 Å². The van der Waals surface area contributed by atoms with Gasteiger partial charge in [-0.05, 0) is 18.3 Å². The fourth-order valence-electron chi connectivity index (χ4n) is 2.85. The first-order valence-corrected chi connectivity index (χ1v) is 6.58. The zero-order valence-corrected chi connectivity index (χ0v) is 11.1. The summed E-state index contributed by atoms with van der Waals surface area (Å²) in [6.07, 6.45) is -0.904. The zero-order chi connectivity index (χ0) is 13.7. The molecule has 3 atom stereocenters. The van der Waals surface area contributed by atoms with Crippen LogP contribution in [0.15, 0.2) is 0 Å². The molecule has 3 nitrogen and oxygen atoms in total. The van der Waals surface area contributed by atoms with Crippen molar-refractivity contribution in [3.63, 3.8) is 0 Å². The highest BCUT2D eigenvalue weighted by molar-refractivity contribution is 5.82. The summed E-state index contributed by atoms with van der Waals surface area (Å²) in [6.45, 7) is 4.09. The number of carbonyl (C=O) groups excluding carboxylic acids is 1. The van der Waals surface area contributed by atoms with Crippen molar-refractivity contribution >= 4 is 5.78 Å². The molecule has 0 aromatic carbocycles. The van der Waals surface area contributed by atoms with Gasteiger partial charge in [-0.25, -0.2) is 8.78 Å². The largest absolute Gasteiger partial charge is 0.395 e. The van der Waals surface area contributed by atoms with E-state index in [1.807, 2.05) is 6.92 Å². The van der Waals surface area contributed by atoms with Crippen molar-refractivity contribution in [3.8, 4) is 0 Å². The summed E-state index contributed by atoms with van der Waals surface area (Å²) in [4.78, 5) is 13.5. The first kappa shape index (κ1) is 15.5. The van der Waals surface area contributed by atoms with E-state index in [1.54, 1.807) is 0 Å². The summed E-state index contributed by atoms with van der Waals surface area (Å²) in [5.74, 6) is 0.648. The summed E-state index contributed by atoms with van der Waals surface area (Å²) >= 11 is 0. The molecule has 0 saturated heterocycles. The lowest BCUT2D eigenvalue weighted by Gasteiger charge is -2.34. The molecule has 0 aromatic rings. The van der Waals surface area contributed by atoms with Crippen LogP contribution in [-0.4, -0.2) is 48.5 Å². The third kappa shape index (κ3) is 4.61. The van der Waals surface area contributed by atoms with Crippen molar-refractivity contribution in [2.75, 3.05) is 26.2 Å². The van der Waals surface area contributed by atoms with E-state index in [1.165, 1.54) is 4.90 Å². The van der Waals surface area contributed by atoms with Crippen molar-refractivity contribution in [3.05, 3.63) is 0 Å². The lowest BCUT2D eigenvalue weighted by molar-refractivity contribution is -0.129. The Morgan fingerprint density at radius 3 is 2.61 bits per heavy atom. The fourth-order valence-corrected chi connectivity index (χ4v) is 2.85. The first-order chi connectivity index (χ1) is 8.43. The van der Waals surface area contributed by atoms with E-state index >= 15 is 0 Å². The number of hydrogen-bond donors (Lipinski definition) is 1. The Morgan fingerprint density at radius 2 is 2.11 bits per heavy atom. The van der Waals surface area contributed by atoms with Crippen LogP contribution in [0.4, 0.5) is 8.78 Å². The fraction of sp³-hybridized carbons (Fsp3) is 0.923. The topological polar surface area (TPSA) is 40.5 Å². The van der Waals surface area contributed by atoms with Crippen LogP contribution in [0.3, 0.4) is 0 Å². The van der Waals surface area contributed by atoms with Crippen LogP contribution >= 0.6 is 0 Å². The highest BCUT2D eigenvalue weighted by atomic mass is 19.3. The van der Waals surface area contributed by atoms with Gasteiger partial charge in [0.25, 0.3) is 6.43 Å². The number of halogens is 2. The summed E-state index contributed by atoms with van der Waals surface area (Å²) < 4.78 is 24.8. The number of alkyl halides is 2. The number of hydrogen-bond acceptors (Lipinski definition) is 3. The second-order valence-corrected chi connectivity index (χ2v) is 5.47. The van der Waals surface area contributed by atoms with Crippen LogP contribution in [0.2, 0.25) is 0 Å². The normalized spacial score (nSPS) is 29.3. The van der Waals surface area contributed by atoms with E-state index < -0.39 is 6.43 Å². The molecule has 1 fully saturated rings. The second-order valence-electron chi connectivity index (χ2n) is 5.47. The highest BCUT2D eigenvalue weighted by Gasteiger charge is 2.33. The molecule has 0 spiro atoms. The number of rotatable bonds is 6. The van der Waals surface area contributed by atoms with Gasteiger partial charge in [-0.3, -0.25) is 9.69 Å². The molecule has 1 aliphatic rings. The standard InChI is InChI=1S/C13H23F2NO2/c1-9-5-10(2)11(12(18)6-9)7-16(3-4-17)8-13(14)15/h9-11,13,17H,3-8H2,1-2H3. The molecule has 5 heteroatoms. The number of Topliss-reactive ketones (excluding diaryl/α,β-unsaturated/α-hetero) is 1. The summed E-state index contributed by atoms with van der Waals surface area (Å²) in [5, 5.41) is 8.88. The molecular formula is C13H23F2NO2. The van der Waals surface area contributed by atoms with Gasteiger partial charge < -0.3 is 5.11 Å². The molecule has 18 heavy (non-hydrogen) atoms. The maximum absolute atomic E-state index is 12.4.